The molecule has 0 aliphatic carbocycles. The van der Waals surface area contributed by atoms with Gasteiger partial charge in [0.2, 0.25) is 0 Å². The molecule has 0 rings (SSSR count). The Hall–Kier alpha value is 0.629. The summed E-state index contributed by atoms with van der Waals surface area (Å²) < 4.78 is 2.63. The van der Waals surface area contributed by atoms with Crippen molar-refractivity contribution in [2.24, 2.45) is 0 Å². The van der Waals surface area contributed by atoms with E-state index in [-0.39, 0.29) is 34.6 Å². The fourth-order valence-electron chi connectivity index (χ4n) is 0.489. The molecule has 0 heterocycles. The van der Waals surface area contributed by atoms with Crippen LogP contribution in [0.4, 0.5) is 0 Å². The summed E-state index contributed by atoms with van der Waals surface area (Å²) in [5.74, 6) is 0. The maximum Gasteiger partial charge on any atom is -2.00 e. The third-order valence-electron chi connectivity index (χ3n) is 0.854. The van der Waals surface area contributed by atoms with Crippen molar-refractivity contribution in [1.29, 1.82) is 0 Å². The van der Waals surface area contributed by atoms with Crippen LogP contribution in [0.2, 0.25) is 8.87 Å². The van der Waals surface area contributed by atoms with Gasteiger partial charge in [-0.3, -0.25) is 0 Å². The predicted molar refractivity (Wildman–Crippen MR) is 52.4 cm³/mol. The van der Waals surface area contributed by atoms with E-state index in [1.54, 1.807) is 0 Å². The monoisotopic (exact) mass is 262 g/mol. The van der Waals surface area contributed by atoms with E-state index in [4.69, 9.17) is 0 Å². The molecule has 0 N–H and O–H groups in total. The minimum Gasteiger partial charge on any atom is -2.00 e. The number of rotatable bonds is 4. The van der Waals surface area contributed by atoms with Crippen molar-refractivity contribution in [2.45, 2.75) is 22.7 Å². The van der Waals surface area contributed by atoms with Crippen LogP contribution in [0.5, 0.6) is 0 Å². The van der Waals surface area contributed by atoms with Crippen molar-refractivity contribution in [1.82, 2.24) is 0 Å². The second-order valence-electron chi connectivity index (χ2n) is 2.52. The Kier molecular flexibility index (Phi) is 10.2. The predicted octanol–water partition coefficient (Wildman–Crippen LogP) is 2.68. The van der Waals surface area contributed by atoms with Crippen LogP contribution in [0.1, 0.15) is 13.8 Å². The summed E-state index contributed by atoms with van der Waals surface area (Å²) in [5, 5.41) is 0. The molecule has 0 atom stereocenters. The smallest absolute Gasteiger partial charge is 2.00 e. The van der Waals surface area contributed by atoms with Gasteiger partial charge in [0.25, 0.3) is 0 Å². The third kappa shape index (κ3) is 11.4. The molecule has 10 heavy (non-hydrogen) atoms. The van der Waals surface area contributed by atoms with Crippen LogP contribution in [0, 0.1) is 0 Å². The molecule has 56 valence electrons. The third-order valence-corrected chi connectivity index (χ3v) is 5.73. The van der Waals surface area contributed by atoms with Crippen LogP contribution in [0.25, 0.3) is 0 Å². The summed E-state index contributed by atoms with van der Waals surface area (Å²) in [6.07, 6.45) is 0. The molecule has 0 saturated heterocycles. The Bertz CT molecular complexity index is 104. The fourth-order valence-corrected chi connectivity index (χ4v) is 3.28. The van der Waals surface area contributed by atoms with E-state index in [2.05, 4.69) is 27.0 Å². The largest absolute Gasteiger partial charge is 2.00 e. The second kappa shape index (κ2) is 7.73. The van der Waals surface area contributed by atoms with Crippen molar-refractivity contribution in [2.75, 3.05) is 0 Å². The Morgan fingerprint density at radius 3 is 1.60 bits per heavy atom. The summed E-state index contributed by atoms with van der Waals surface area (Å²) in [7, 11) is 0. The van der Waals surface area contributed by atoms with Gasteiger partial charge in [-0.15, -0.1) is 0 Å². The van der Waals surface area contributed by atoms with Crippen molar-refractivity contribution >= 4 is 34.6 Å². The molecule has 0 bridgehead atoms. The molecule has 0 spiro atoms. The summed E-state index contributed by atoms with van der Waals surface area (Å²) >= 11 is -0.128. The van der Waals surface area contributed by atoms with Crippen LogP contribution in [0.3, 0.4) is 0 Å². The van der Waals surface area contributed by atoms with Gasteiger partial charge in [-0.1, -0.05) is 0 Å². The van der Waals surface area contributed by atoms with Crippen molar-refractivity contribution < 1.29 is 0 Å². The Morgan fingerprint density at radius 1 is 1.10 bits per heavy atom. The van der Waals surface area contributed by atoms with Crippen LogP contribution >= 0.6 is 0 Å². The molecule has 0 unspecified atom stereocenters. The molecule has 0 fully saturated rings. The number of hydrogen-bond donors (Lipinski definition) is 0. The number of allylic oxidation sites excluding steroid dienone is 2. The standard InChI is InChI=1S/2C4H7.S.Sn/c2*1-4(2)3;;/h2*1-2H2,3H3;;/q;;-2;+2. The average molecular weight is 261 g/mol. The molecule has 0 aromatic rings. The van der Waals surface area contributed by atoms with Gasteiger partial charge in [-0.2, -0.15) is 0 Å². The summed E-state index contributed by atoms with van der Waals surface area (Å²) in [5.41, 5.74) is 2.70. The maximum absolute atomic E-state index is 3.86. The van der Waals surface area contributed by atoms with Crippen molar-refractivity contribution in [3.05, 3.63) is 24.3 Å². The van der Waals surface area contributed by atoms with Gasteiger partial charge < -0.3 is 13.5 Å². The molecule has 0 amide bonds. The van der Waals surface area contributed by atoms with Crippen LogP contribution in [-0.4, -0.2) is 21.1 Å². The molecular formula is C8H14SSn. The van der Waals surface area contributed by atoms with Crippen molar-refractivity contribution in [3.63, 3.8) is 0 Å². The molecular weight excluding hydrogens is 247 g/mol. The van der Waals surface area contributed by atoms with Gasteiger partial charge in [0.1, 0.15) is 0 Å². The zero-order valence-electron chi connectivity index (χ0n) is 6.74. The molecule has 0 aliphatic heterocycles. The Balaban J connectivity index is 0. The first-order chi connectivity index (χ1) is 4.13. The van der Waals surface area contributed by atoms with Gasteiger partial charge in [0, 0.05) is 0 Å². The first-order valence-electron chi connectivity index (χ1n) is 3.12. The van der Waals surface area contributed by atoms with E-state index < -0.39 is 0 Å². The summed E-state index contributed by atoms with van der Waals surface area (Å²) in [4.78, 5) is 0. The summed E-state index contributed by atoms with van der Waals surface area (Å²) in [6.45, 7) is 12.0. The van der Waals surface area contributed by atoms with Gasteiger partial charge in [0.05, 0.1) is 0 Å². The van der Waals surface area contributed by atoms with E-state index in [1.807, 2.05) is 0 Å². The minimum absolute atomic E-state index is 0. The Morgan fingerprint density at radius 2 is 1.40 bits per heavy atom. The van der Waals surface area contributed by atoms with Gasteiger partial charge in [-0.05, 0) is 0 Å². The van der Waals surface area contributed by atoms with Gasteiger partial charge in [0.15, 0.2) is 0 Å². The fraction of sp³-hybridized carbons (Fsp3) is 0.500. The Labute approximate surface area is 81.5 Å². The van der Waals surface area contributed by atoms with Gasteiger partial charge >= 0.3 is 68.2 Å². The molecule has 2 heteroatoms. The van der Waals surface area contributed by atoms with E-state index in [0.717, 1.165) is 0 Å². The topological polar surface area (TPSA) is 0 Å². The van der Waals surface area contributed by atoms with E-state index in [1.165, 1.54) is 20.0 Å². The average Bonchev–Trinajstić information content (AvgIpc) is 1.63. The van der Waals surface area contributed by atoms with E-state index in [0.29, 0.717) is 0 Å². The first-order valence-corrected chi connectivity index (χ1v) is 7.16. The zero-order chi connectivity index (χ0) is 7.28. The SMILES string of the molecule is C=C(C)[CH2][Sn+2][CH2]C(=C)C.[S-2]. The minimum atomic E-state index is -0.128. The molecule has 0 aromatic carbocycles. The van der Waals surface area contributed by atoms with Crippen molar-refractivity contribution in [3.8, 4) is 0 Å². The molecule has 0 nitrogen and oxygen atoms in total. The molecule has 0 saturated carbocycles. The zero-order valence-corrected chi connectivity index (χ0v) is 10.4. The van der Waals surface area contributed by atoms with E-state index >= 15 is 0 Å². The van der Waals surface area contributed by atoms with Crippen LogP contribution in [0.15, 0.2) is 24.3 Å². The normalized spacial score (nSPS) is 7.40. The first kappa shape index (κ1) is 13.2. The number of hydrogen-bond acceptors (Lipinski definition) is 0. The van der Waals surface area contributed by atoms with E-state index in [9.17, 15) is 0 Å². The molecule has 0 radical (unpaired) electrons. The quantitative estimate of drug-likeness (QED) is 0.539. The van der Waals surface area contributed by atoms with Gasteiger partial charge in [-0.25, -0.2) is 0 Å². The van der Waals surface area contributed by atoms with Crippen LogP contribution < -0.4 is 0 Å². The molecule has 0 aliphatic rings. The summed E-state index contributed by atoms with van der Waals surface area (Å²) in [6, 6.07) is 0. The maximum atomic E-state index is 3.86. The second-order valence-corrected chi connectivity index (χ2v) is 5.96. The molecule has 0 aromatic heterocycles. The van der Waals surface area contributed by atoms with Crippen LogP contribution in [-0.2, 0) is 13.5 Å².